The number of aliphatic hydroxyl groups excluding tert-OH is 1. The van der Waals surface area contributed by atoms with Crippen molar-refractivity contribution in [3.63, 3.8) is 0 Å². The summed E-state index contributed by atoms with van der Waals surface area (Å²) in [5.41, 5.74) is 1.29. The molecule has 0 aromatic heterocycles. The van der Waals surface area contributed by atoms with Gasteiger partial charge in [0, 0.05) is 22.5 Å². The molecule has 2 nitrogen and oxygen atoms in total. The van der Waals surface area contributed by atoms with Gasteiger partial charge in [-0.2, -0.15) is 11.8 Å². The lowest BCUT2D eigenvalue weighted by Gasteiger charge is -2.40. The van der Waals surface area contributed by atoms with E-state index in [-0.39, 0.29) is 17.3 Å². The normalized spacial score (nSPS) is 24.1. The quantitative estimate of drug-likeness (QED) is 0.923. The van der Waals surface area contributed by atoms with Crippen LogP contribution in [0.3, 0.4) is 0 Å². The van der Waals surface area contributed by atoms with Gasteiger partial charge in [0.05, 0.1) is 19.8 Å². The summed E-state index contributed by atoms with van der Waals surface area (Å²) >= 11 is 1.68. The third-order valence-corrected chi connectivity index (χ3v) is 5.61. The first kappa shape index (κ1) is 13.3. The van der Waals surface area contributed by atoms with Crippen molar-refractivity contribution in [2.45, 2.75) is 18.1 Å². The van der Waals surface area contributed by atoms with Crippen molar-refractivity contribution in [1.29, 1.82) is 0 Å². The number of halogens is 2. The van der Waals surface area contributed by atoms with Gasteiger partial charge in [-0.1, -0.05) is 0 Å². The standard InChI is InChI=1S/C14H16F2O2S/c15-9-3-11-10(12(16)4-9)1-2-13(11)19-8-14(5-17)6-18-7-14/h3-4,13,17H,1-2,5-8H2. The third kappa shape index (κ3) is 2.39. The van der Waals surface area contributed by atoms with E-state index in [4.69, 9.17) is 4.74 Å². The smallest absolute Gasteiger partial charge is 0.129 e. The predicted molar refractivity (Wildman–Crippen MR) is 70.2 cm³/mol. The summed E-state index contributed by atoms with van der Waals surface area (Å²) in [5.74, 6) is -0.166. The van der Waals surface area contributed by atoms with Crippen molar-refractivity contribution in [2.75, 3.05) is 25.6 Å². The number of fused-ring (bicyclic) bond motifs is 1. The second-order valence-electron chi connectivity index (χ2n) is 5.44. The predicted octanol–water partition coefficient (Wildman–Crippen LogP) is 2.69. The number of benzene rings is 1. The number of rotatable bonds is 4. The second-order valence-corrected chi connectivity index (χ2v) is 6.64. The Balaban J connectivity index is 1.72. The maximum atomic E-state index is 13.6. The minimum atomic E-state index is -0.507. The van der Waals surface area contributed by atoms with Gasteiger partial charge in [-0.05, 0) is 30.0 Å². The highest BCUT2D eigenvalue weighted by Gasteiger charge is 2.39. The van der Waals surface area contributed by atoms with E-state index in [2.05, 4.69) is 0 Å². The highest BCUT2D eigenvalue weighted by molar-refractivity contribution is 7.99. The summed E-state index contributed by atoms with van der Waals surface area (Å²) < 4.78 is 32.1. The summed E-state index contributed by atoms with van der Waals surface area (Å²) in [6, 6.07) is 2.41. The van der Waals surface area contributed by atoms with Gasteiger partial charge in [0.2, 0.25) is 0 Å². The summed E-state index contributed by atoms with van der Waals surface area (Å²) in [5, 5.41) is 9.51. The Bertz CT molecular complexity index is 483. The van der Waals surface area contributed by atoms with E-state index < -0.39 is 11.6 Å². The van der Waals surface area contributed by atoms with Gasteiger partial charge in [-0.15, -0.1) is 0 Å². The maximum Gasteiger partial charge on any atom is 0.129 e. The fourth-order valence-electron chi connectivity index (χ4n) is 2.67. The molecule has 1 aromatic rings. The lowest BCUT2D eigenvalue weighted by Crippen LogP contribution is -2.47. The van der Waals surface area contributed by atoms with Gasteiger partial charge >= 0.3 is 0 Å². The second kappa shape index (κ2) is 5.04. The summed E-state index contributed by atoms with van der Waals surface area (Å²) in [4.78, 5) is 0. The molecule has 1 saturated heterocycles. The molecule has 0 saturated carbocycles. The number of hydrogen-bond acceptors (Lipinski definition) is 3. The Hall–Kier alpha value is -0.650. The van der Waals surface area contributed by atoms with E-state index in [1.165, 1.54) is 6.07 Å². The van der Waals surface area contributed by atoms with Crippen LogP contribution in [-0.4, -0.2) is 30.7 Å². The highest BCUT2D eigenvalue weighted by Crippen LogP contribution is 2.45. The van der Waals surface area contributed by atoms with Crippen LogP contribution in [0.4, 0.5) is 8.78 Å². The molecule has 1 aliphatic heterocycles. The SMILES string of the molecule is OCC1(CSC2CCc3c(F)cc(F)cc32)COC1. The lowest BCUT2D eigenvalue weighted by atomic mass is 9.90. The molecule has 1 N–H and O–H groups in total. The van der Waals surface area contributed by atoms with Gasteiger partial charge in [0.1, 0.15) is 11.6 Å². The number of ether oxygens (including phenoxy) is 1. The van der Waals surface area contributed by atoms with Crippen molar-refractivity contribution in [3.05, 3.63) is 34.9 Å². The molecule has 3 rings (SSSR count). The topological polar surface area (TPSA) is 29.5 Å². The van der Waals surface area contributed by atoms with E-state index in [1.54, 1.807) is 11.8 Å². The fourth-order valence-corrected chi connectivity index (χ4v) is 4.15. The molecule has 19 heavy (non-hydrogen) atoms. The Morgan fingerprint density at radius 2 is 2.16 bits per heavy atom. The van der Waals surface area contributed by atoms with Crippen LogP contribution in [0, 0.1) is 17.0 Å². The zero-order chi connectivity index (χ0) is 13.5. The number of aliphatic hydroxyl groups is 1. The lowest BCUT2D eigenvalue weighted by molar-refractivity contribution is -0.121. The molecule has 2 aliphatic rings. The first-order chi connectivity index (χ1) is 9.13. The molecule has 0 bridgehead atoms. The summed E-state index contributed by atoms with van der Waals surface area (Å²) in [6.07, 6.45) is 1.50. The van der Waals surface area contributed by atoms with Gasteiger partial charge in [0.15, 0.2) is 0 Å². The molecule has 104 valence electrons. The van der Waals surface area contributed by atoms with Crippen molar-refractivity contribution in [3.8, 4) is 0 Å². The van der Waals surface area contributed by atoms with Crippen LogP contribution in [-0.2, 0) is 11.2 Å². The van der Waals surface area contributed by atoms with Crippen molar-refractivity contribution in [1.82, 2.24) is 0 Å². The Labute approximate surface area is 115 Å². The zero-order valence-electron chi connectivity index (χ0n) is 10.5. The van der Waals surface area contributed by atoms with Gasteiger partial charge in [-0.3, -0.25) is 0 Å². The van der Waals surface area contributed by atoms with Crippen LogP contribution in [0.15, 0.2) is 12.1 Å². The summed E-state index contributed by atoms with van der Waals surface area (Å²) in [7, 11) is 0. The number of thioether (sulfide) groups is 1. The van der Waals surface area contributed by atoms with E-state index in [9.17, 15) is 13.9 Å². The van der Waals surface area contributed by atoms with Gasteiger partial charge in [0.25, 0.3) is 0 Å². The Morgan fingerprint density at radius 1 is 1.37 bits per heavy atom. The maximum absolute atomic E-state index is 13.6. The highest BCUT2D eigenvalue weighted by atomic mass is 32.2. The minimum Gasteiger partial charge on any atom is -0.396 e. The molecule has 0 radical (unpaired) electrons. The first-order valence-electron chi connectivity index (χ1n) is 6.42. The van der Waals surface area contributed by atoms with E-state index in [0.717, 1.165) is 23.8 Å². The molecule has 1 fully saturated rings. The largest absolute Gasteiger partial charge is 0.396 e. The zero-order valence-corrected chi connectivity index (χ0v) is 11.3. The van der Waals surface area contributed by atoms with Crippen LogP contribution in [0.1, 0.15) is 22.8 Å². The average Bonchev–Trinajstić information content (AvgIpc) is 2.72. The van der Waals surface area contributed by atoms with Crippen molar-refractivity contribution < 1.29 is 18.6 Å². The van der Waals surface area contributed by atoms with Crippen molar-refractivity contribution >= 4 is 11.8 Å². The first-order valence-corrected chi connectivity index (χ1v) is 7.46. The molecule has 1 heterocycles. The third-order valence-electron chi connectivity index (χ3n) is 3.94. The molecule has 0 amide bonds. The molecular formula is C14H16F2O2S. The van der Waals surface area contributed by atoms with Crippen LogP contribution in [0.5, 0.6) is 0 Å². The molecule has 1 aliphatic carbocycles. The Kier molecular flexibility index (Phi) is 3.53. The molecule has 1 atom stereocenters. The molecular weight excluding hydrogens is 270 g/mol. The van der Waals surface area contributed by atoms with E-state index >= 15 is 0 Å². The van der Waals surface area contributed by atoms with Crippen LogP contribution >= 0.6 is 11.8 Å². The van der Waals surface area contributed by atoms with Crippen molar-refractivity contribution in [2.24, 2.45) is 5.41 Å². The van der Waals surface area contributed by atoms with E-state index in [0.29, 0.717) is 25.2 Å². The molecule has 0 spiro atoms. The minimum absolute atomic E-state index is 0.108. The Morgan fingerprint density at radius 3 is 2.79 bits per heavy atom. The molecule has 1 unspecified atom stereocenters. The monoisotopic (exact) mass is 286 g/mol. The molecule has 1 aromatic carbocycles. The average molecular weight is 286 g/mol. The molecule has 5 heteroatoms. The summed E-state index contributed by atoms with van der Waals surface area (Å²) in [6.45, 7) is 1.26. The van der Waals surface area contributed by atoms with Crippen LogP contribution in [0.25, 0.3) is 0 Å². The van der Waals surface area contributed by atoms with Gasteiger partial charge < -0.3 is 9.84 Å². The van der Waals surface area contributed by atoms with E-state index in [1.807, 2.05) is 0 Å². The number of hydrogen-bond donors (Lipinski definition) is 1. The van der Waals surface area contributed by atoms with Crippen LogP contribution in [0.2, 0.25) is 0 Å². The fraction of sp³-hybridized carbons (Fsp3) is 0.571. The van der Waals surface area contributed by atoms with Gasteiger partial charge in [-0.25, -0.2) is 8.78 Å². The van der Waals surface area contributed by atoms with Crippen LogP contribution < -0.4 is 0 Å².